The van der Waals surface area contributed by atoms with Crippen LogP contribution >= 0.6 is 34.7 Å². The fourth-order valence-corrected chi connectivity index (χ4v) is 6.19. The van der Waals surface area contributed by atoms with Crippen LogP contribution in [0.2, 0.25) is 5.02 Å². The van der Waals surface area contributed by atoms with E-state index in [1.807, 2.05) is 53.4 Å². The van der Waals surface area contributed by atoms with Crippen molar-refractivity contribution in [2.45, 2.75) is 17.6 Å². The van der Waals surface area contributed by atoms with E-state index >= 15 is 0 Å². The standard InChI is InChI=1S/C29H25ClNO3S2/c1-2-34-25(32)20-24-26(31-17-7-4-8-18-31)29(35-19-9-12-21-10-5-3-6-11-21)36-28(24)27(33)22-13-15-23(30)16-14-22/h3-18H,2,19-20H2,1H3/q+1/b12-9+. The van der Waals surface area contributed by atoms with Gasteiger partial charge in [0.05, 0.1) is 23.5 Å². The Balaban J connectivity index is 1.75. The summed E-state index contributed by atoms with van der Waals surface area (Å²) >= 11 is 9.09. The van der Waals surface area contributed by atoms with Gasteiger partial charge in [0.25, 0.3) is 0 Å². The summed E-state index contributed by atoms with van der Waals surface area (Å²) in [6, 6.07) is 22.7. The lowest BCUT2D eigenvalue weighted by molar-refractivity contribution is -0.598. The number of hydrogen-bond donors (Lipinski definition) is 0. The zero-order valence-corrected chi connectivity index (χ0v) is 22.1. The molecule has 0 spiro atoms. The van der Waals surface area contributed by atoms with Crippen LogP contribution < -0.4 is 4.57 Å². The minimum Gasteiger partial charge on any atom is -0.466 e. The highest BCUT2D eigenvalue weighted by Crippen LogP contribution is 2.38. The fraction of sp³-hybridized carbons (Fsp3) is 0.138. The first-order valence-electron chi connectivity index (χ1n) is 11.5. The molecule has 7 heteroatoms. The van der Waals surface area contributed by atoms with Crippen LogP contribution in [-0.2, 0) is 16.0 Å². The highest BCUT2D eigenvalue weighted by Gasteiger charge is 2.31. The van der Waals surface area contributed by atoms with Crippen LogP contribution in [0.4, 0.5) is 0 Å². The number of ketones is 1. The summed E-state index contributed by atoms with van der Waals surface area (Å²) in [5, 5.41) is 0.562. The Kier molecular flexibility index (Phi) is 9.11. The van der Waals surface area contributed by atoms with Gasteiger partial charge < -0.3 is 4.74 Å². The summed E-state index contributed by atoms with van der Waals surface area (Å²) < 4.78 is 8.18. The molecule has 2 aromatic heterocycles. The molecule has 0 radical (unpaired) electrons. The van der Waals surface area contributed by atoms with Crippen molar-refractivity contribution in [3.63, 3.8) is 0 Å². The van der Waals surface area contributed by atoms with E-state index in [1.165, 1.54) is 11.3 Å². The van der Waals surface area contributed by atoms with E-state index < -0.39 is 0 Å². The first-order valence-corrected chi connectivity index (χ1v) is 13.7. The molecule has 0 N–H and O–H groups in total. The minimum absolute atomic E-state index is 0.0106. The van der Waals surface area contributed by atoms with E-state index in [-0.39, 0.29) is 24.8 Å². The van der Waals surface area contributed by atoms with Gasteiger partial charge in [-0.05, 0) is 36.8 Å². The van der Waals surface area contributed by atoms with Crippen LogP contribution in [0, 0.1) is 0 Å². The van der Waals surface area contributed by atoms with E-state index in [4.69, 9.17) is 16.3 Å². The molecule has 2 heterocycles. The number of halogens is 1. The van der Waals surface area contributed by atoms with Gasteiger partial charge in [0.15, 0.2) is 12.4 Å². The fourth-order valence-electron chi connectivity index (χ4n) is 3.65. The number of nitrogens with zero attached hydrogens (tertiary/aromatic N) is 1. The highest BCUT2D eigenvalue weighted by atomic mass is 35.5. The third kappa shape index (κ3) is 6.52. The predicted molar refractivity (Wildman–Crippen MR) is 147 cm³/mol. The number of esters is 1. The number of thioether (sulfide) groups is 1. The van der Waals surface area contributed by atoms with Crippen molar-refractivity contribution in [2.24, 2.45) is 0 Å². The molecule has 0 bridgehead atoms. The first-order chi connectivity index (χ1) is 17.6. The Morgan fingerprint density at radius 3 is 2.39 bits per heavy atom. The number of ether oxygens (including phenoxy) is 1. The maximum Gasteiger partial charge on any atom is 0.310 e. The Labute approximate surface area is 224 Å². The van der Waals surface area contributed by atoms with Gasteiger partial charge in [-0.2, -0.15) is 4.57 Å². The van der Waals surface area contributed by atoms with Crippen LogP contribution in [0.3, 0.4) is 0 Å². The molecule has 0 aliphatic rings. The lowest BCUT2D eigenvalue weighted by atomic mass is 10.0. The van der Waals surface area contributed by atoms with Crippen molar-refractivity contribution in [3.8, 4) is 5.69 Å². The van der Waals surface area contributed by atoms with Crippen molar-refractivity contribution in [2.75, 3.05) is 12.4 Å². The van der Waals surface area contributed by atoms with E-state index in [9.17, 15) is 9.59 Å². The first kappa shape index (κ1) is 25.9. The van der Waals surface area contributed by atoms with E-state index in [0.29, 0.717) is 26.8 Å². The number of carbonyl (C=O) groups is 2. The molecule has 0 aliphatic heterocycles. The molecule has 4 rings (SSSR count). The zero-order valence-electron chi connectivity index (χ0n) is 19.7. The Hall–Kier alpha value is -3.19. The third-order valence-electron chi connectivity index (χ3n) is 5.28. The van der Waals surface area contributed by atoms with E-state index in [0.717, 1.165) is 15.5 Å². The molecule has 0 unspecified atom stereocenters. The van der Waals surface area contributed by atoms with Crippen LogP contribution in [0.15, 0.2) is 95.5 Å². The van der Waals surface area contributed by atoms with Gasteiger partial charge in [-0.15, -0.1) is 23.1 Å². The summed E-state index contributed by atoms with van der Waals surface area (Å²) in [7, 11) is 0. The number of pyridine rings is 1. The predicted octanol–water partition coefficient (Wildman–Crippen LogP) is 6.82. The van der Waals surface area contributed by atoms with Gasteiger partial charge in [-0.25, -0.2) is 0 Å². The second-order valence-corrected chi connectivity index (χ2v) is 10.5. The van der Waals surface area contributed by atoms with Gasteiger partial charge in [0.1, 0.15) is 4.21 Å². The number of hydrogen-bond acceptors (Lipinski definition) is 5. The Morgan fingerprint density at radius 2 is 1.69 bits per heavy atom. The van der Waals surface area contributed by atoms with Crippen LogP contribution in [-0.4, -0.2) is 24.1 Å². The average Bonchev–Trinajstić information content (AvgIpc) is 3.25. The molecule has 36 heavy (non-hydrogen) atoms. The molecule has 0 aliphatic carbocycles. The molecule has 0 saturated heterocycles. The van der Waals surface area contributed by atoms with Gasteiger partial charge in [0, 0.05) is 28.5 Å². The van der Waals surface area contributed by atoms with Gasteiger partial charge in [0.2, 0.25) is 11.5 Å². The quantitative estimate of drug-likeness (QED) is 0.0969. The zero-order chi connectivity index (χ0) is 25.3. The molecular formula is C29H25ClNO3S2+. The smallest absolute Gasteiger partial charge is 0.310 e. The topological polar surface area (TPSA) is 47.3 Å². The summed E-state index contributed by atoms with van der Waals surface area (Å²) in [4.78, 5) is 26.8. The molecule has 0 saturated carbocycles. The lowest BCUT2D eigenvalue weighted by Crippen LogP contribution is -2.31. The largest absolute Gasteiger partial charge is 0.466 e. The van der Waals surface area contributed by atoms with E-state index in [1.54, 1.807) is 43.0 Å². The Bertz CT molecular complexity index is 1350. The Morgan fingerprint density at radius 1 is 1.00 bits per heavy atom. The van der Waals surface area contributed by atoms with Crippen molar-refractivity contribution in [1.82, 2.24) is 0 Å². The average molecular weight is 535 g/mol. The maximum absolute atomic E-state index is 13.6. The van der Waals surface area contributed by atoms with Crippen molar-refractivity contribution in [3.05, 3.63) is 118 Å². The molecule has 182 valence electrons. The van der Waals surface area contributed by atoms with Crippen molar-refractivity contribution >= 4 is 52.5 Å². The lowest BCUT2D eigenvalue weighted by Gasteiger charge is -2.05. The second kappa shape index (κ2) is 12.7. The van der Waals surface area contributed by atoms with Gasteiger partial charge in [-0.1, -0.05) is 60.2 Å². The SMILES string of the molecule is CCOC(=O)Cc1c(C(=O)c2ccc(Cl)cc2)sc(SC/C=C/c2ccccc2)c1-[n+]1ccccc1. The molecule has 4 nitrogen and oxygen atoms in total. The van der Waals surface area contributed by atoms with Crippen molar-refractivity contribution in [1.29, 1.82) is 0 Å². The van der Waals surface area contributed by atoms with Crippen molar-refractivity contribution < 1.29 is 18.9 Å². The summed E-state index contributed by atoms with van der Waals surface area (Å²) in [6.45, 7) is 2.06. The number of thiophene rings is 1. The van der Waals surface area contributed by atoms with Gasteiger partial charge >= 0.3 is 5.97 Å². The summed E-state index contributed by atoms with van der Waals surface area (Å²) in [6.07, 6.45) is 8.05. The van der Waals surface area contributed by atoms with E-state index in [2.05, 4.69) is 24.3 Å². The molecule has 4 aromatic rings. The van der Waals surface area contributed by atoms with Crippen LogP contribution in [0.1, 0.15) is 33.3 Å². The number of benzene rings is 2. The van der Waals surface area contributed by atoms with Gasteiger partial charge in [-0.3, -0.25) is 9.59 Å². The number of rotatable bonds is 10. The number of carbonyl (C=O) groups excluding carboxylic acids is 2. The molecular weight excluding hydrogens is 510 g/mol. The third-order valence-corrected chi connectivity index (χ3v) is 7.97. The molecule has 0 fully saturated rings. The molecule has 0 amide bonds. The second-order valence-electron chi connectivity index (χ2n) is 7.77. The molecule has 0 atom stereocenters. The summed E-state index contributed by atoms with van der Waals surface area (Å²) in [5.41, 5.74) is 3.16. The van der Waals surface area contributed by atoms with Crippen LogP contribution in [0.25, 0.3) is 11.8 Å². The summed E-state index contributed by atoms with van der Waals surface area (Å²) in [5.74, 6) is 0.211. The highest BCUT2D eigenvalue weighted by molar-refractivity contribution is 8.01. The molecule has 2 aromatic carbocycles. The monoisotopic (exact) mass is 534 g/mol. The normalized spacial score (nSPS) is 11.1. The minimum atomic E-state index is -0.362. The van der Waals surface area contributed by atoms with Crippen LogP contribution in [0.5, 0.6) is 0 Å². The number of aromatic nitrogens is 1. The maximum atomic E-state index is 13.6.